The van der Waals surface area contributed by atoms with E-state index >= 15 is 0 Å². The number of hydrazone groups is 1. The van der Waals surface area contributed by atoms with Crippen molar-refractivity contribution in [1.82, 2.24) is 9.99 Å². The van der Waals surface area contributed by atoms with Gasteiger partial charge in [0.1, 0.15) is 5.75 Å². The van der Waals surface area contributed by atoms with E-state index in [0.717, 1.165) is 28.4 Å². The van der Waals surface area contributed by atoms with Gasteiger partial charge in [0.2, 0.25) is 0 Å². The highest BCUT2D eigenvalue weighted by molar-refractivity contribution is 5.95. The van der Waals surface area contributed by atoms with Gasteiger partial charge in [-0.3, -0.25) is 4.79 Å². The Kier molecular flexibility index (Phi) is 5.17. The summed E-state index contributed by atoms with van der Waals surface area (Å²) in [6, 6.07) is 19.0. The fourth-order valence-electron chi connectivity index (χ4n) is 2.79. The SMILES string of the molecule is COc1cccc(/C=N/NC(=O)c2ccc(-n3c(C)ccc3C)cc2)c1. The third kappa shape index (κ3) is 3.83. The molecular formula is C21H21N3O2. The lowest BCUT2D eigenvalue weighted by Crippen LogP contribution is -2.17. The fraction of sp³-hybridized carbons (Fsp3) is 0.143. The molecule has 132 valence electrons. The highest BCUT2D eigenvalue weighted by atomic mass is 16.5. The second-order valence-corrected chi connectivity index (χ2v) is 5.97. The van der Waals surface area contributed by atoms with E-state index in [1.807, 2.05) is 36.4 Å². The number of aryl methyl sites for hydroxylation is 2. The van der Waals surface area contributed by atoms with Crippen molar-refractivity contribution in [2.24, 2.45) is 5.10 Å². The van der Waals surface area contributed by atoms with Crippen LogP contribution < -0.4 is 10.2 Å². The van der Waals surface area contributed by atoms with E-state index in [-0.39, 0.29) is 5.91 Å². The summed E-state index contributed by atoms with van der Waals surface area (Å²) >= 11 is 0. The Balaban J connectivity index is 1.67. The van der Waals surface area contributed by atoms with Gasteiger partial charge >= 0.3 is 0 Å². The zero-order valence-corrected chi connectivity index (χ0v) is 15.1. The second-order valence-electron chi connectivity index (χ2n) is 5.97. The molecule has 0 aliphatic rings. The maximum absolute atomic E-state index is 12.2. The average Bonchev–Trinajstić information content (AvgIpc) is 3.00. The molecule has 3 rings (SSSR count). The molecule has 0 bridgehead atoms. The van der Waals surface area contributed by atoms with Gasteiger partial charge in [-0.1, -0.05) is 12.1 Å². The molecule has 0 fully saturated rings. The van der Waals surface area contributed by atoms with Gasteiger partial charge in [-0.05, 0) is 67.9 Å². The maximum atomic E-state index is 12.2. The third-order valence-electron chi connectivity index (χ3n) is 4.13. The lowest BCUT2D eigenvalue weighted by atomic mass is 10.2. The van der Waals surface area contributed by atoms with E-state index in [0.29, 0.717) is 5.56 Å². The first-order chi connectivity index (χ1) is 12.6. The Morgan fingerprint density at radius 2 is 1.73 bits per heavy atom. The van der Waals surface area contributed by atoms with Crippen molar-refractivity contribution < 1.29 is 9.53 Å². The molecule has 0 saturated carbocycles. The Hall–Kier alpha value is -3.34. The summed E-state index contributed by atoms with van der Waals surface area (Å²) in [6.07, 6.45) is 1.58. The highest BCUT2D eigenvalue weighted by Crippen LogP contribution is 2.17. The molecule has 0 atom stereocenters. The van der Waals surface area contributed by atoms with Crippen LogP contribution in [0.5, 0.6) is 5.75 Å². The smallest absolute Gasteiger partial charge is 0.271 e. The molecule has 1 aromatic heterocycles. The number of methoxy groups -OCH3 is 1. The van der Waals surface area contributed by atoms with Gasteiger partial charge < -0.3 is 9.30 Å². The molecule has 2 aromatic carbocycles. The van der Waals surface area contributed by atoms with Crippen molar-refractivity contribution in [1.29, 1.82) is 0 Å². The van der Waals surface area contributed by atoms with Gasteiger partial charge in [-0.2, -0.15) is 5.10 Å². The van der Waals surface area contributed by atoms with Crippen LogP contribution in [0.25, 0.3) is 5.69 Å². The van der Waals surface area contributed by atoms with E-state index in [4.69, 9.17) is 4.74 Å². The third-order valence-corrected chi connectivity index (χ3v) is 4.13. The van der Waals surface area contributed by atoms with Gasteiger partial charge in [-0.25, -0.2) is 5.43 Å². The Morgan fingerprint density at radius 1 is 1.04 bits per heavy atom. The van der Waals surface area contributed by atoms with Crippen LogP contribution in [0.3, 0.4) is 0 Å². The van der Waals surface area contributed by atoms with Crippen LogP contribution in [0.15, 0.2) is 65.8 Å². The first kappa shape index (κ1) is 17.5. The molecular weight excluding hydrogens is 326 g/mol. The Labute approximate surface area is 152 Å². The lowest BCUT2D eigenvalue weighted by Gasteiger charge is -2.10. The lowest BCUT2D eigenvalue weighted by molar-refractivity contribution is 0.0955. The topological polar surface area (TPSA) is 55.6 Å². The van der Waals surface area contributed by atoms with Crippen molar-refractivity contribution in [3.63, 3.8) is 0 Å². The van der Waals surface area contributed by atoms with E-state index in [9.17, 15) is 4.79 Å². The van der Waals surface area contributed by atoms with Gasteiger partial charge in [0.05, 0.1) is 13.3 Å². The number of carbonyl (C=O) groups is 1. The molecule has 3 aromatic rings. The quantitative estimate of drug-likeness (QED) is 0.563. The summed E-state index contributed by atoms with van der Waals surface area (Å²) < 4.78 is 7.30. The molecule has 5 heteroatoms. The molecule has 1 heterocycles. The van der Waals surface area contributed by atoms with E-state index in [2.05, 4.69) is 41.1 Å². The summed E-state index contributed by atoms with van der Waals surface area (Å²) in [5.41, 5.74) is 7.28. The molecule has 0 radical (unpaired) electrons. The molecule has 0 aliphatic carbocycles. The predicted octanol–water partition coefficient (Wildman–Crippen LogP) is 3.87. The number of ether oxygens (including phenoxy) is 1. The molecule has 1 N–H and O–H groups in total. The van der Waals surface area contributed by atoms with Crippen molar-refractivity contribution >= 4 is 12.1 Å². The largest absolute Gasteiger partial charge is 0.497 e. The van der Waals surface area contributed by atoms with Crippen LogP contribution >= 0.6 is 0 Å². The average molecular weight is 347 g/mol. The van der Waals surface area contributed by atoms with Gasteiger partial charge in [0.15, 0.2) is 0 Å². The monoisotopic (exact) mass is 347 g/mol. The molecule has 1 amide bonds. The van der Waals surface area contributed by atoms with Gasteiger partial charge in [0.25, 0.3) is 5.91 Å². The van der Waals surface area contributed by atoms with Crippen molar-refractivity contribution in [3.8, 4) is 11.4 Å². The minimum Gasteiger partial charge on any atom is -0.497 e. The number of amides is 1. The van der Waals surface area contributed by atoms with Crippen molar-refractivity contribution in [2.45, 2.75) is 13.8 Å². The number of hydrogen-bond acceptors (Lipinski definition) is 3. The predicted molar refractivity (Wildman–Crippen MR) is 103 cm³/mol. The first-order valence-corrected chi connectivity index (χ1v) is 8.31. The molecule has 26 heavy (non-hydrogen) atoms. The summed E-state index contributed by atoms with van der Waals surface area (Å²) in [5.74, 6) is 0.489. The molecule has 5 nitrogen and oxygen atoms in total. The number of nitrogens with zero attached hydrogens (tertiary/aromatic N) is 2. The van der Waals surface area contributed by atoms with Crippen LogP contribution in [-0.4, -0.2) is 23.8 Å². The normalized spacial score (nSPS) is 10.9. The zero-order valence-electron chi connectivity index (χ0n) is 15.1. The summed E-state index contributed by atoms with van der Waals surface area (Å²) in [5, 5.41) is 4.01. The van der Waals surface area contributed by atoms with E-state index in [1.165, 1.54) is 0 Å². The van der Waals surface area contributed by atoms with Crippen LogP contribution in [-0.2, 0) is 0 Å². The number of benzene rings is 2. The van der Waals surface area contributed by atoms with Crippen LogP contribution in [0.1, 0.15) is 27.3 Å². The molecule has 0 aliphatic heterocycles. The zero-order chi connectivity index (χ0) is 18.5. The number of aromatic nitrogens is 1. The fourth-order valence-corrected chi connectivity index (χ4v) is 2.79. The maximum Gasteiger partial charge on any atom is 0.271 e. The number of carbonyl (C=O) groups excluding carboxylic acids is 1. The molecule has 0 saturated heterocycles. The second kappa shape index (κ2) is 7.70. The van der Waals surface area contributed by atoms with Gasteiger partial charge in [-0.15, -0.1) is 0 Å². The Morgan fingerprint density at radius 3 is 2.38 bits per heavy atom. The van der Waals surface area contributed by atoms with E-state index in [1.54, 1.807) is 25.5 Å². The van der Waals surface area contributed by atoms with E-state index < -0.39 is 0 Å². The minimum absolute atomic E-state index is 0.253. The molecule has 0 unspecified atom stereocenters. The number of rotatable bonds is 5. The molecule has 0 spiro atoms. The standard InChI is InChI=1S/C21H21N3O2/c1-15-7-8-16(2)24(15)19-11-9-18(10-12-19)21(25)23-22-14-17-5-4-6-20(13-17)26-3/h4-14H,1-3H3,(H,23,25)/b22-14+. The van der Waals surface area contributed by atoms with Crippen LogP contribution in [0, 0.1) is 13.8 Å². The Bertz CT molecular complexity index is 921. The van der Waals surface area contributed by atoms with Crippen molar-refractivity contribution in [2.75, 3.05) is 7.11 Å². The van der Waals surface area contributed by atoms with Gasteiger partial charge in [0, 0.05) is 22.6 Å². The summed E-state index contributed by atoms with van der Waals surface area (Å²) in [6.45, 7) is 4.11. The van der Waals surface area contributed by atoms with Crippen LogP contribution in [0.4, 0.5) is 0 Å². The summed E-state index contributed by atoms with van der Waals surface area (Å²) in [7, 11) is 1.61. The first-order valence-electron chi connectivity index (χ1n) is 8.31. The highest BCUT2D eigenvalue weighted by Gasteiger charge is 2.07. The number of hydrogen-bond donors (Lipinski definition) is 1. The van der Waals surface area contributed by atoms with Crippen LogP contribution in [0.2, 0.25) is 0 Å². The minimum atomic E-state index is -0.253. The van der Waals surface area contributed by atoms with Crippen molar-refractivity contribution in [3.05, 3.63) is 83.2 Å². The summed E-state index contributed by atoms with van der Waals surface area (Å²) in [4.78, 5) is 12.2. The number of nitrogens with one attached hydrogen (secondary N) is 1.